The molecule has 1 N–H and O–H groups in total. The van der Waals surface area contributed by atoms with Crippen LogP contribution in [-0.2, 0) is 4.79 Å². The van der Waals surface area contributed by atoms with Crippen LogP contribution in [0.3, 0.4) is 0 Å². The number of aliphatic carboxylic acids is 1. The molecule has 1 unspecified atom stereocenters. The molecule has 0 aromatic carbocycles. The second-order valence-corrected chi connectivity index (χ2v) is 8.77. The molecule has 2 fully saturated rings. The van der Waals surface area contributed by atoms with E-state index in [0.717, 1.165) is 12.2 Å². The van der Waals surface area contributed by atoms with Crippen molar-refractivity contribution in [3.8, 4) is 5.88 Å². The van der Waals surface area contributed by atoms with Crippen LogP contribution >= 0.6 is 23.1 Å². The number of hydrogen-bond acceptors (Lipinski definition) is 7. The van der Waals surface area contributed by atoms with Crippen LogP contribution in [0.15, 0.2) is 29.2 Å². The van der Waals surface area contributed by atoms with E-state index in [1.54, 1.807) is 28.7 Å². The number of thiazole rings is 1. The Morgan fingerprint density at radius 2 is 2.00 bits per heavy atom. The lowest BCUT2D eigenvalue weighted by molar-refractivity contribution is -0.192. The molecule has 2 aromatic heterocycles. The van der Waals surface area contributed by atoms with Crippen molar-refractivity contribution in [1.82, 2.24) is 14.9 Å². The lowest BCUT2D eigenvalue weighted by Gasteiger charge is -2.47. The number of carboxylic acids is 1. The molecule has 0 bridgehead atoms. The van der Waals surface area contributed by atoms with Crippen LogP contribution in [0.1, 0.15) is 16.9 Å². The molecule has 2 aliphatic heterocycles. The molecular formula is C17H15F4N3O4S2. The van der Waals surface area contributed by atoms with Crippen molar-refractivity contribution in [3.63, 3.8) is 0 Å². The fourth-order valence-electron chi connectivity index (χ4n) is 2.99. The van der Waals surface area contributed by atoms with Gasteiger partial charge in [0, 0.05) is 36.8 Å². The van der Waals surface area contributed by atoms with E-state index in [0.29, 0.717) is 18.8 Å². The number of likely N-dealkylation sites (tertiary alicyclic amines) is 1. The molecule has 162 valence electrons. The highest BCUT2D eigenvalue weighted by molar-refractivity contribution is 8.01. The molecule has 0 saturated carbocycles. The number of thioether (sulfide) groups is 1. The zero-order valence-corrected chi connectivity index (χ0v) is 16.8. The predicted octanol–water partition coefficient (Wildman–Crippen LogP) is 3.09. The zero-order valence-electron chi connectivity index (χ0n) is 15.1. The Kier molecular flexibility index (Phi) is 6.50. The van der Waals surface area contributed by atoms with Crippen LogP contribution < -0.4 is 4.74 Å². The molecular weight excluding hydrogens is 450 g/mol. The highest BCUT2D eigenvalue weighted by Gasteiger charge is 2.51. The summed E-state index contributed by atoms with van der Waals surface area (Å²) in [5.41, 5.74) is 2.18. The minimum Gasteiger partial charge on any atom is -0.475 e. The number of carbonyl (C=O) groups is 2. The van der Waals surface area contributed by atoms with Gasteiger partial charge in [-0.3, -0.25) is 4.79 Å². The Balaban J connectivity index is 0.000000318. The lowest BCUT2D eigenvalue weighted by Crippen LogP contribution is -2.60. The number of ether oxygens (including phenoxy) is 1. The fraction of sp³-hybridized carbons (Fsp3) is 0.412. The number of halogens is 4. The van der Waals surface area contributed by atoms with E-state index in [1.165, 1.54) is 23.6 Å². The maximum atomic E-state index is 13.6. The molecule has 1 atom stereocenters. The standard InChI is InChI=1S/C15H14FN3O2S2.C2HF3O2/c16-11-2-1-3-17-13(11)21-10-4-15(23-5-10)7-19(8-15)14(20)12-6-22-9-18-12;3-2(4,5)1(6)7/h1-3,6,9-10H,4-5,7-8H2;(H,6,7). The van der Waals surface area contributed by atoms with Crippen molar-refractivity contribution in [2.45, 2.75) is 23.4 Å². The molecule has 30 heavy (non-hydrogen) atoms. The summed E-state index contributed by atoms with van der Waals surface area (Å²) in [6, 6.07) is 2.89. The summed E-state index contributed by atoms with van der Waals surface area (Å²) in [5, 5.41) is 8.89. The van der Waals surface area contributed by atoms with Gasteiger partial charge in [0.1, 0.15) is 11.8 Å². The van der Waals surface area contributed by atoms with E-state index in [2.05, 4.69) is 9.97 Å². The molecule has 1 spiro atoms. The molecule has 0 radical (unpaired) electrons. The van der Waals surface area contributed by atoms with Crippen molar-refractivity contribution in [2.24, 2.45) is 0 Å². The lowest BCUT2D eigenvalue weighted by atomic mass is 9.92. The smallest absolute Gasteiger partial charge is 0.475 e. The summed E-state index contributed by atoms with van der Waals surface area (Å²) in [6.45, 7) is 1.39. The summed E-state index contributed by atoms with van der Waals surface area (Å²) in [6.07, 6.45) is -2.83. The molecule has 2 aliphatic rings. The topological polar surface area (TPSA) is 92.6 Å². The maximum absolute atomic E-state index is 13.6. The van der Waals surface area contributed by atoms with Crippen LogP contribution in [0.4, 0.5) is 17.6 Å². The van der Waals surface area contributed by atoms with E-state index in [9.17, 15) is 22.4 Å². The number of amides is 1. The first-order chi connectivity index (χ1) is 14.1. The summed E-state index contributed by atoms with van der Waals surface area (Å²) in [4.78, 5) is 30.9. The van der Waals surface area contributed by atoms with E-state index in [1.807, 2.05) is 4.90 Å². The monoisotopic (exact) mass is 465 g/mol. The molecule has 4 heterocycles. The van der Waals surface area contributed by atoms with Crippen LogP contribution in [-0.4, -0.2) is 67.7 Å². The third-order valence-corrected chi connectivity index (χ3v) is 6.48. The van der Waals surface area contributed by atoms with E-state index < -0.39 is 18.0 Å². The molecule has 2 aromatic rings. The van der Waals surface area contributed by atoms with Crippen LogP contribution in [0.2, 0.25) is 0 Å². The average Bonchev–Trinajstić information content (AvgIpc) is 3.32. The van der Waals surface area contributed by atoms with Crippen molar-refractivity contribution < 1.29 is 37.0 Å². The minimum atomic E-state index is -5.08. The van der Waals surface area contributed by atoms with Crippen molar-refractivity contribution in [1.29, 1.82) is 0 Å². The van der Waals surface area contributed by atoms with Crippen LogP contribution in [0, 0.1) is 5.82 Å². The Hall–Kier alpha value is -2.41. The fourth-order valence-corrected chi connectivity index (χ4v) is 5.04. The number of carbonyl (C=O) groups excluding carboxylic acids is 1. The predicted molar refractivity (Wildman–Crippen MR) is 100 cm³/mol. The number of pyridine rings is 1. The van der Waals surface area contributed by atoms with Gasteiger partial charge in [0.2, 0.25) is 0 Å². The van der Waals surface area contributed by atoms with Gasteiger partial charge in [0.15, 0.2) is 5.82 Å². The first-order valence-electron chi connectivity index (χ1n) is 8.48. The Morgan fingerprint density at radius 1 is 1.30 bits per heavy atom. The van der Waals surface area contributed by atoms with Crippen molar-refractivity contribution in [2.75, 3.05) is 18.8 Å². The first kappa shape index (κ1) is 22.3. The molecule has 4 rings (SSSR count). The largest absolute Gasteiger partial charge is 0.490 e. The number of alkyl halides is 3. The summed E-state index contributed by atoms with van der Waals surface area (Å²) < 4.78 is 51.1. The van der Waals surface area contributed by atoms with E-state index in [4.69, 9.17) is 14.6 Å². The number of carboxylic acid groups (broad SMARTS) is 1. The molecule has 13 heteroatoms. The first-order valence-corrected chi connectivity index (χ1v) is 10.4. The normalized spacial score (nSPS) is 19.6. The highest BCUT2D eigenvalue weighted by Crippen LogP contribution is 2.46. The third kappa shape index (κ3) is 5.19. The molecule has 1 amide bonds. The second kappa shape index (κ2) is 8.76. The van der Waals surface area contributed by atoms with E-state index in [-0.39, 0.29) is 22.6 Å². The summed E-state index contributed by atoms with van der Waals surface area (Å²) >= 11 is 3.22. The summed E-state index contributed by atoms with van der Waals surface area (Å²) in [5.74, 6) is -2.36. The Labute approximate surface area is 176 Å². The minimum absolute atomic E-state index is 0.0161. The maximum Gasteiger partial charge on any atom is 0.490 e. The van der Waals surface area contributed by atoms with Crippen molar-refractivity contribution in [3.05, 3.63) is 40.7 Å². The highest BCUT2D eigenvalue weighted by atomic mass is 32.2. The van der Waals surface area contributed by atoms with Gasteiger partial charge in [0.25, 0.3) is 11.8 Å². The number of aromatic nitrogens is 2. The van der Waals surface area contributed by atoms with Gasteiger partial charge < -0.3 is 14.7 Å². The number of hydrogen-bond donors (Lipinski definition) is 1. The summed E-state index contributed by atoms with van der Waals surface area (Å²) in [7, 11) is 0. The van der Waals surface area contributed by atoms with Gasteiger partial charge in [-0.05, 0) is 12.1 Å². The number of nitrogens with zero attached hydrogens (tertiary/aromatic N) is 3. The van der Waals surface area contributed by atoms with Crippen molar-refractivity contribution >= 4 is 35.0 Å². The van der Waals surface area contributed by atoms with Crippen LogP contribution in [0.25, 0.3) is 0 Å². The van der Waals surface area contributed by atoms with Gasteiger partial charge in [-0.25, -0.2) is 19.2 Å². The van der Waals surface area contributed by atoms with Crippen LogP contribution in [0.5, 0.6) is 5.88 Å². The van der Waals surface area contributed by atoms with Gasteiger partial charge in [-0.15, -0.1) is 23.1 Å². The Morgan fingerprint density at radius 3 is 2.57 bits per heavy atom. The SMILES string of the molecule is O=C(O)C(F)(F)F.O=C(c1cscn1)N1CC2(CC(Oc3ncccc3F)CS2)C1. The van der Waals surface area contributed by atoms with E-state index >= 15 is 0 Å². The molecule has 0 aliphatic carbocycles. The zero-order chi connectivity index (χ0) is 21.9. The van der Waals surface area contributed by atoms with Gasteiger partial charge >= 0.3 is 12.1 Å². The number of rotatable bonds is 3. The quantitative estimate of drug-likeness (QED) is 0.697. The molecule has 2 saturated heterocycles. The van der Waals surface area contributed by atoms with Gasteiger partial charge in [-0.2, -0.15) is 13.2 Å². The van der Waals surface area contributed by atoms with Gasteiger partial charge in [0.05, 0.1) is 10.3 Å². The molecule has 7 nitrogen and oxygen atoms in total. The average molecular weight is 465 g/mol. The third-order valence-electron chi connectivity index (χ3n) is 4.32. The Bertz CT molecular complexity index is 905. The van der Waals surface area contributed by atoms with Gasteiger partial charge in [-0.1, -0.05) is 0 Å². The second-order valence-electron chi connectivity index (χ2n) is 6.57.